The van der Waals surface area contributed by atoms with Crippen LogP contribution in [0.3, 0.4) is 0 Å². The fraction of sp³-hybridized carbons (Fsp3) is 0.150. The average molecular weight is 367 g/mol. The topological polar surface area (TPSA) is 73.2 Å². The van der Waals surface area contributed by atoms with Gasteiger partial charge >= 0.3 is 0 Å². The minimum absolute atomic E-state index is 0.286. The van der Waals surface area contributed by atoms with E-state index in [-0.39, 0.29) is 6.54 Å². The number of nitrogens with one attached hydrogen (secondary N) is 1. The number of rotatable bonds is 5. The van der Waals surface area contributed by atoms with Gasteiger partial charge in [0.1, 0.15) is 18.1 Å². The standard InChI is InChI=1S/C20H18FN3O3/c1-13-6-7-15(11-17(13)21)22-19(25)12-24-20(26)9-8-18(23-24)14-4-3-5-16(10-14)27-2/h3-11H,12H2,1-2H3,(H,22,25). The Hall–Kier alpha value is -3.48. The largest absolute Gasteiger partial charge is 0.497 e. The molecule has 1 amide bonds. The Morgan fingerprint density at radius 1 is 1.19 bits per heavy atom. The van der Waals surface area contributed by atoms with Crippen LogP contribution < -0.4 is 15.6 Å². The minimum Gasteiger partial charge on any atom is -0.497 e. The Morgan fingerprint density at radius 3 is 2.74 bits per heavy atom. The summed E-state index contributed by atoms with van der Waals surface area (Å²) in [5, 5.41) is 6.81. The molecule has 1 N–H and O–H groups in total. The number of nitrogens with zero attached hydrogens (tertiary/aromatic N) is 2. The molecule has 138 valence electrons. The molecule has 0 unspecified atom stereocenters. The number of carbonyl (C=O) groups excluding carboxylic acids is 1. The summed E-state index contributed by atoms with van der Waals surface area (Å²) in [5.74, 6) is -0.232. The fourth-order valence-electron chi connectivity index (χ4n) is 2.51. The first-order chi connectivity index (χ1) is 13.0. The first kappa shape index (κ1) is 18.3. The van der Waals surface area contributed by atoms with Gasteiger partial charge in [0.25, 0.3) is 5.56 Å². The first-order valence-electron chi connectivity index (χ1n) is 8.25. The van der Waals surface area contributed by atoms with Crippen molar-refractivity contribution in [2.45, 2.75) is 13.5 Å². The number of hydrogen-bond acceptors (Lipinski definition) is 4. The summed E-state index contributed by atoms with van der Waals surface area (Å²) < 4.78 is 19.8. The Bertz CT molecular complexity index is 1050. The van der Waals surface area contributed by atoms with E-state index in [0.717, 1.165) is 10.2 Å². The summed E-state index contributed by atoms with van der Waals surface area (Å²) in [4.78, 5) is 24.3. The highest BCUT2D eigenvalue weighted by atomic mass is 19.1. The van der Waals surface area contributed by atoms with E-state index in [1.165, 1.54) is 12.1 Å². The number of benzene rings is 2. The molecule has 27 heavy (non-hydrogen) atoms. The van der Waals surface area contributed by atoms with Gasteiger partial charge in [-0.2, -0.15) is 5.10 Å². The molecule has 0 saturated carbocycles. The second-order valence-electron chi connectivity index (χ2n) is 5.96. The van der Waals surface area contributed by atoms with Crippen LogP contribution in [0.4, 0.5) is 10.1 Å². The number of methoxy groups -OCH3 is 1. The van der Waals surface area contributed by atoms with Crippen molar-refractivity contribution in [1.82, 2.24) is 9.78 Å². The van der Waals surface area contributed by atoms with Crippen LogP contribution in [0.1, 0.15) is 5.56 Å². The van der Waals surface area contributed by atoms with Crippen LogP contribution in [0.25, 0.3) is 11.3 Å². The molecule has 3 aromatic rings. The number of amides is 1. The molecule has 1 heterocycles. The van der Waals surface area contributed by atoms with Crippen LogP contribution in [-0.4, -0.2) is 22.8 Å². The van der Waals surface area contributed by atoms with Crippen LogP contribution in [0.5, 0.6) is 5.75 Å². The molecule has 0 aliphatic carbocycles. The van der Waals surface area contributed by atoms with Gasteiger partial charge in [-0.05, 0) is 42.8 Å². The Morgan fingerprint density at radius 2 is 2.00 bits per heavy atom. The van der Waals surface area contributed by atoms with Crippen molar-refractivity contribution < 1.29 is 13.9 Å². The van der Waals surface area contributed by atoms with Gasteiger partial charge in [0.2, 0.25) is 5.91 Å². The lowest BCUT2D eigenvalue weighted by molar-refractivity contribution is -0.117. The number of carbonyl (C=O) groups is 1. The summed E-state index contributed by atoms with van der Waals surface area (Å²) in [7, 11) is 1.56. The third kappa shape index (κ3) is 4.38. The normalized spacial score (nSPS) is 10.5. The summed E-state index contributed by atoms with van der Waals surface area (Å²) >= 11 is 0. The van der Waals surface area contributed by atoms with Gasteiger partial charge in [-0.3, -0.25) is 9.59 Å². The fourth-order valence-corrected chi connectivity index (χ4v) is 2.51. The van der Waals surface area contributed by atoms with E-state index >= 15 is 0 Å². The molecule has 0 aliphatic heterocycles. The molecular formula is C20H18FN3O3. The number of ether oxygens (including phenoxy) is 1. The van der Waals surface area contributed by atoms with Gasteiger partial charge in [0, 0.05) is 17.3 Å². The molecule has 0 aliphatic rings. The molecule has 0 atom stereocenters. The Kier molecular flexibility index (Phi) is 5.30. The molecule has 7 heteroatoms. The molecule has 0 bridgehead atoms. The number of aromatic nitrogens is 2. The van der Waals surface area contributed by atoms with Crippen LogP contribution in [-0.2, 0) is 11.3 Å². The molecule has 1 aromatic heterocycles. The average Bonchev–Trinajstić information content (AvgIpc) is 2.66. The third-order valence-corrected chi connectivity index (χ3v) is 3.98. The zero-order chi connectivity index (χ0) is 19.4. The summed E-state index contributed by atoms with van der Waals surface area (Å²) in [5.41, 5.74) is 1.68. The Balaban J connectivity index is 1.80. The van der Waals surface area contributed by atoms with E-state index in [0.29, 0.717) is 22.7 Å². The number of halogens is 1. The van der Waals surface area contributed by atoms with Gasteiger partial charge in [-0.1, -0.05) is 18.2 Å². The van der Waals surface area contributed by atoms with E-state index in [2.05, 4.69) is 10.4 Å². The highest BCUT2D eigenvalue weighted by Crippen LogP contribution is 2.21. The second kappa shape index (κ2) is 7.82. The van der Waals surface area contributed by atoms with Gasteiger partial charge in [-0.25, -0.2) is 9.07 Å². The second-order valence-corrected chi connectivity index (χ2v) is 5.96. The highest BCUT2D eigenvalue weighted by molar-refractivity contribution is 5.90. The smallest absolute Gasteiger partial charge is 0.267 e. The number of anilines is 1. The molecule has 6 nitrogen and oxygen atoms in total. The monoisotopic (exact) mass is 367 g/mol. The van der Waals surface area contributed by atoms with Crippen molar-refractivity contribution in [2.24, 2.45) is 0 Å². The summed E-state index contributed by atoms with van der Waals surface area (Å²) in [6.45, 7) is 1.35. The van der Waals surface area contributed by atoms with Crippen molar-refractivity contribution in [3.05, 3.63) is 76.3 Å². The van der Waals surface area contributed by atoms with Gasteiger partial charge in [0.15, 0.2) is 0 Å². The van der Waals surface area contributed by atoms with Crippen LogP contribution in [0, 0.1) is 12.7 Å². The SMILES string of the molecule is COc1cccc(-c2ccc(=O)n(CC(=O)Nc3ccc(C)c(F)c3)n2)c1. The molecule has 0 saturated heterocycles. The van der Waals surface area contributed by atoms with Crippen LogP contribution in [0.2, 0.25) is 0 Å². The van der Waals surface area contributed by atoms with Crippen molar-refractivity contribution in [3.63, 3.8) is 0 Å². The van der Waals surface area contributed by atoms with Gasteiger partial charge in [-0.15, -0.1) is 0 Å². The number of aryl methyl sites for hydroxylation is 1. The molecular weight excluding hydrogens is 349 g/mol. The van der Waals surface area contributed by atoms with Crippen molar-refractivity contribution in [1.29, 1.82) is 0 Å². The van der Waals surface area contributed by atoms with Crippen molar-refractivity contribution in [2.75, 3.05) is 12.4 Å². The van der Waals surface area contributed by atoms with E-state index in [4.69, 9.17) is 4.74 Å². The molecule has 3 rings (SSSR count). The zero-order valence-electron chi connectivity index (χ0n) is 14.9. The highest BCUT2D eigenvalue weighted by Gasteiger charge is 2.10. The lowest BCUT2D eigenvalue weighted by Gasteiger charge is -2.09. The summed E-state index contributed by atoms with van der Waals surface area (Å²) in [6.07, 6.45) is 0. The van der Waals surface area contributed by atoms with Crippen molar-refractivity contribution >= 4 is 11.6 Å². The Labute approximate surface area is 155 Å². The molecule has 0 radical (unpaired) electrons. The maximum Gasteiger partial charge on any atom is 0.267 e. The lowest BCUT2D eigenvalue weighted by Crippen LogP contribution is -2.29. The maximum atomic E-state index is 13.6. The lowest BCUT2D eigenvalue weighted by atomic mass is 10.1. The first-order valence-corrected chi connectivity index (χ1v) is 8.25. The van der Waals surface area contributed by atoms with Gasteiger partial charge < -0.3 is 10.1 Å². The van der Waals surface area contributed by atoms with Gasteiger partial charge in [0.05, 0.1) is 12.8 Å². The van der Waals surface area contributed by atoms with Crippen molar-refractivity contribution in [3.8, 4) is 17.0 Å². The number of hydrogen-bond donors (Lipinski definition) is 1. The minimum atomic E-state index is -0.476. The van der Waals surface area contributed by atoms with Crippen LogP contribution >= 0.6 is 0 Å². The van der Waals surface area contributed by atoms with E-state index < -0.39 is 17.3 Å². The maximum absolute atomic E-state index is 13.6. The van der Waals surface area contributed by atoms with E-state index in [1.807, 2.05) is 12.1 Å². The zero-order valence-corrected chi connectivity index (χ0v) is 14.9. The van der Waals surface area contributed by atoms with Crippen LogP contribution in [0.15, 0.2) is 59.4 Å². The molecule has 0 spiro atoms. The molecule has 0 fully saturated rings. The predicted octanol–water partition coefficient (Wildman–Crippen LogP) is 3.01. The predicted molar refractivity (Wildman–Crippen MR) is 100 cm³/mol. The van der Waals surface area contributed by atoms with E-state index in [9.17, 15) is 14.0 Å². The summed E-state index contributed by atoms with van der Waals surface area (Å²) in [6, 6.07) is 14.5. The quantitative estimate of drug-likeness (QED) is 0.752. The molecule has 2 aromatic carbocycles. The third-order valence-electron chi connectivity index (χ3n) is 3.98. The van der Waals surface area contributed by atoms with E-state index in [1.54, 1.807) is 44.4 Å².